The van der Waals surface area contributed by atoms with Gasteiger partial charge in [0.2, 0.25) is 5.60 Å². The Balaban J connectivity index is 2.11. The van der Waals surface area contributed by atoms with Gasteiger partial charge in [0.1, 0.15) is 0 Å². The predicted octanol–water partition coefficient (Wildman–Crippen LogP) is 3.89. The van der Waals surface area contributed by atoms with Crippen molar-refractivity contribution in [3.05, 3.63) is 54.1 Å². The van der Waals surface area contributed by atoms with Crippen molar-refractivity contribution in [2.24, 2.45) is 0 Å². The molecule has 1 aromatic carbocycles. The summed E-state index contributed by atoms with van der Waals surface area (Å²) >= 11 is 5.72. The second-order valence-electron chi connectivity index (χ2n) is 5.66. The lowest BCUT2D eigenvalue weighted by molar-refractivity contribution is -0.170. The maximum Gasteiger partial charge on any atom is 0.336 e. The Morgan fingerprint density at radius 2 is 2.00 bits per heavy atom. The summed E-state index contributed by atoms with van der Waals surface area (Å²) in [5.41, 5.74) is 0.506. The van der Waals surface area contributed by atoms with Crippen LogP contribution in [-0.4, -0.2) is 29.5 Å². The molecule has 1 unspecified atom stereocenters. The molecule has 0 aliphatic heterocycles. The third kappa shape index (κ3) is 4.34. The summed E-state index contributed by atoms with van der Waals surface area (Å²) in [6, 6.07) is 9.75. The number of halogens is 1. The van der Waals surface area contributed by atoms with E-state index >= 15 is 0 Å². The molecule has 0 spiro atoms. The van der Waals surface area contributed by atoms with Gasteiger partial charge in [-0.2, -0.15) is 0 Å². The number of esters is 1. The molecule has 0 radical (unpaired) electrons. The number of carbonyl (C=O) groups is 2. The van der Waals surface area contributed by atoms with Gasteiger partial charge >= 0.3 is 5.97 Å². The fourth-order valence-corrected chi connectivity index (χ4v) is 2.53. The van der Waals surface area contributed by atoms with Gasteiger partial charge < -0.3 is 9.47 Å². The molecular formula is C19H21ClO4. The van der Waals surface area contributed by atoms with Gasteiger partial charge in [-0.05, 0) is 42.2 Å². The largest absolute Gasteiger partial charge is 0.443 e. The minimum Gasteiger partial charge on any atom is -0.443 e. The van der Waals surface area contributed by atoms with Gasteiger partial charge in [0.15, 0.2) is 6.10 Å². The van der Waals surface area contributed by atoms with E-state index in [1.807, 2.05) is 43.3 Å². The molecule has 0 bridgehead atoms. The van der Waals surface area contributed by atoms with E-state index in [2.05, 4.69) is 0 Å². The Hall–Kier alpha value is -1.91. The van der Waals surface area contributed by atoms with E-state index in [0.717, 1.165) is 17.6 Å². The van der Waals surface area contributed by atoms with Crippen molar-refractivity contribution in [2.45, 2.75) is 38.4 Å². The van der Waals surface area contributed by atoms with Gasteiger partial charge in [-0.25, -0.2) is 4.79 Å². The molecule has 0 saturated heterocycles. The Kier molecular flexibility index (Phi) is 6.35. The highest BCUT2D eigenvalue weighted by molar-refractivity contribution is 6.65. The van der Waals surface area contributed by atoms with E-state index in [1.165, 1.54) is 0 Å². The molecule has 5 heteroatoms. The molecule has 0 aromatic heterocycles. The van der Waals surface area contributed by atoms with Crippen LogP contribution in [0.1, 0.15) is 32.3 Å². The van der Waals surface area contributed by atoms with Crippen LogP contribution in [0.15, 0.2) is 48.6 Å². The van der Waals surface area contributed by atoms with E-state index in [9.17, 15) is 9.59 Å². The van der Waals surface area contributed by atoms with Crippen LogP contribution in [0.25, 0.3) is 5.57 Å². The van der Waals surface area contributed by atoms with Crippen molar-refractivity contribution < 1.29 is 19.1 Å². The normalized spacial score (nSPS) is 21.0. The number of hydrogen-bond donors (Lipinski definition) is 0. The number of benzene rings is 1. The zero-order valence-corrected chi connectivity index (χ0v) is 14.6. The molecule has 128 valence electrons. The van der Waals surface area contributed by atoms with E-state index < -0.39 is 22.9 Å². The topological polar surface area (TPSA) is 52.6 Å². The monoisotopic (exact) mass is 348 g/mol. The van der Waals surface area contributed by atoms with E-state index in [0.29, 0.717) is 6.61 Å². The molecule has 0 N–H and O–H groups in total. The first kappa shape index (κ1) is 18.4. The van der Waals surface area contributed by atoms with Gasteiger partial charge in [-0.3, -0.25) is 4.79 Å². The summed E-state index contributed by atoms with van der Waals surface area (Å²) in [6.45, 7) is 4.00. The summed E-state index contributed by atoms with van der Waals surface area (Å²) in [5, 5.41) is -0.724. The van der Waals surface area contributed by atoms with Crippen molar-refractivity contribution in [3.8, 4) is 0 Å². The van der Waals surface area contributed by atoms with Crippen LogP contribution in [0.4, 0.5) is 0 Å². The van der Waals surface area contributed by atoms with Crippen LogP contribution in [0.5, 0.6) is 0 Å². The first-order chi connectivity index (χ1) is 11.5. The van der Waals surface area contributed by atoms with E-state index in [1.54, 1.807) is 19.1 Å². The number of allylic oxidation sites excluding steroid dienone is 2. The molecule has 0 fully saturated rings. The van der Waals surface area contributed by atoms with Crippen molar-refractivity contribution >= 4 is 28.4 Å². The van der Waals surface area contributed by atoms with Gasteiger partial charge in [0.05, 0.1) is 0 Å². The molecule has 0 saturated carbocycles. The molecule has 0 heterocycles. The molecule has 24 heavy (non-hydrogen) atoms. The summed E-state index contributed by atoms with van der Waals surface area (Å²) in [4.78, 5) is 24.1. The predicted molar refractivity (Wildman–Crippen MR) is 93.6 cm³/mol. The SMILES string of the molecule is CCCOC(C)C(=O)O[C@]1(C(=O)Cl)C=CC(c2ccccc2)=CC1. The number of hydrogen-bond acceptors (Lipinski definition) is 4. The van der Waals surface area contributed by atoms with Crippen LogP contribution < -0.4 is 0 Å². The smallest absolute Gasteiger partial charge is 0.336 e. The maximum absolute atomic E-state index is 12.2. The first-order valence-corrected chi connectivity index (χ1v) is 8.35. The molecule has 1 aliphatic carbocycles. The van der Waals surface area contributed by atoms with E-state index in [4.69, 9.17) is 21.1 Å². The van der Waals surface area contributed by atoms with Crippen LogP contribution in [-0.2, 0) is 19.1 Å². The third-order valence-corrected chi connectivity index (χ3v) is 4.10. The zero-order valence-electron chi connectivity index (χ0n) is 13.8. The van der Waals surface area contributed by atoms with Crippen molar-refractivity contribution in [2.75, 3.05) is 6.61 Å². The maximum atomic E-state index is 12.2. The van der Waals surface area contributed by atoms with Gasteiger partial charge in [-0.1, -0.05) is 49.4 Å². The van der Waals surface area contributed by atoms with Crippen LogP contribution in [0.2, 0.25) is 0 Å². The lowest BCUT2D eigenvalue weighted by atomic mass is 9.90. The second kappa shape index (κ2) is 8.27. The average molecular weight is 349 g/mol. The Morgan fingerprint density at radius 3 is 2.54 bits per heavy atom. The summed E-state index contributed by atoms with van der Waals surface area (Å²) in [5.74, 6) is -0.598. The highest BCUT2D eigenvalue weighted by Crippen LogP contribution is 2.32. The van der Waals surface area contributed by atoms with Gasteiger partial charge in [-0.15, -0.1) is 0 Å². The highest BCUT2D eigenvalue weighted by Gasteiger charge is 2.40. The first-order valence-electron chi connectivity index (χ1n) is 7.97. The minimum absolute atomic E-state index is 0.197. The molecule has 0 amide bonds. The summed E-state index contributed by atoms with van der Waals surface area (Å²) < 4.78 is 10.7. The van der Waals surface area contributed by atoms with Crippen LogP contribution >= 0.6 is 11.6 Å². The fourth-order valence-electron chi connectivity index (χ4n) is 2.35. The Bertz CT molecular complexity index is 651. The van der Waals surface area contributed by atoms with Crippen molar-refractivity contribution in [1.29, 1.82) is 0 Å². The van der Waals surface area contributed by atoms with Crippen molar-refractivity contribution in [3.63, 3.8) is 0 Å². The van der Waals surface area contributed by atoms with E-state index in [-0.39, 0.29) is 6.42 Å². The summed E-state index contributed by atoms with van der Waals surface area (Å²) in [7, 11) is 0. The zero-order chi connectivity index (χ0) is 17.6. The molecular weight excluding hydrogens is 328 g/mol. The third-order valence-electron chi connectivity index (χ3n) is 3.78. The molecule has 2 rings (SSSR count). The number of carbonyl (C=O) groups excluding carboxylic acids is 2. The highest BCUT2D eigenvalue weighted by atomic mass is 35.5. The quantitative estimate of drug-likeness (QED) is 0.554. The molecule has 1 aliphatic rings. The average Bonchev–Trinajstić information content (AvgIpc) is 2.60. The lowest BCUT2D eigenvalue weighted by Crippen LogP contribution is -2.42. The summed E-state index contributed by atoms with van der Waals surface area (Å²) in [6.07, 6.45) is 5.40. The van der Waals surface area contributed by atoms with Gasteiger partial charge in [0.25, 0.3) is 5.24 Å². The van der Waals surface area contributed by atoms with Crippen LogP contribution in [0, 0.1) is 0 Å². The minimum atomic E-state index is -1.47. The Morgan fingerprint density at radius 1 is 1.29 bits per heavy atom. The molecule has 1 aromatic rings. The molecule has 4 nitrogen and oxygen atoms in total. The van der Waals surface area contributed by atoms with Gasteiger partial charge in [0, 0.05) is 13.0 Å². The standard InChI is InChI=1S/C19H21ClO4/c1-3-13-23-14(2)17(21)24-19(18(20)22)11-9-16(10-12-19)15-7-5-4-6-8-15/h4-11,14H,3,12-13H2,1-2H3/t14?,19-/m1/s1. The second-order valence-corrected chi connectivity index (χ2v) is 6.00. The number of ether oxygens (including phenoxy) is 2. The van der Waals surface area contributed by atoms with Crippen LogP contribution in [0.3, 0.4) is 0 Å². The fraction of sp³-hybridized carbons (Fsp3) is 0.368. The van der Waals surface area contributed by atoms with Crippen molar-refractivity contribution in [1.82, 2.24) is 0 Å². The Labute approximate surface area is 147 Å². The molecule has 2 atom stereocenters. The number of rotatable bonds is 7. The lowest BCUT2D eigenvalue weighted by Gasteiger charge is -2.29.